The average Bonchev–Trinajstić information content (AvgIpc) is 2.24. The standard InChI is InChI=1S/C12H21NO2/c1-10-4-2-3-6-13(10)8-11-9-15-7-5-12(11)14/h10-11H,2-9H2,1H3. The van der Waals surface area contributed by atoms with E-state index in [4.69, 9.17) is 4.74 Å². The molecule has 0 aromatic carbocycles. The maximum Gasteiger partial charge on any atom is 0.141 e. The molecule has 0 spiro atoms. The molecule has 2 atom stereocenters. The predicted octanol–water partition coefficient (Wildman–Crippen LogP) is 1.47. The Morgan fingerprint density at radius 1 is 1.47 bits per heavy atom. The van der Waals surface area contributed by atoms with Gasteiger partial charge in [-0.05, 0) is 26.3 Å². The lowest BCUT2D eigenvalue weighted by Gasteiger charge is -2.36. The average molecular weight is 211 g/mol. The molecule has 0 aliphatic carbocycles. The number of likely N-dealkylation sites (tertiary alicyclic amines) is 1. The van der Waals surface area contributed by atoms with Crippen molar-refractivity contribution in [3.63, 3.8) is 0 Å². The number of carbonyl (C=O) groups excluding carboxylic acids is 1. The van der Waals surface area contributed by atoms with Crippen molar-refractivity contribution in [2.75, 3.05) is 26.3 Å². The second-order valence-corrected chi connectivity index (χ2v) is 4.83. The smallest absolute Gasteiger partial charge is 0.141 e. The van der Waals surface area contributed by atoms with Gasteiger partial charge in [0.15, 0.2) is 0 Å². The maximum atomic E-state index is 11.7. The first-order valence-electron chi connectivity index (χ1n) is 6.12. The van der Waals surface area contributed by atoms with Gasteiger partial charge in [0, 0.05) is 19.0 Å². The van der Waals surface area contributed by atoms with Gasteiger partial charge in [-0.3, -0.25) is 9.69 Å². The van der Waals surface area contributed by atoms with Crippen LogP contribution in [0, 0.1) is 5.92 Å². The molecule has 2 heterocycles. The van der Waals surface area contributed by atoms with Crippen molar-refractivity contribution in [2.24, 2.45) is 5.92 Å². The first kappa shape index (κ1) is 11.1. The third kappa shape index (κ3) is 2.79. The summed E-state index contributed by atoms with van der Waals surface area (Å²) in [6, 6.07) is 0.647. The molecule has 3 nitrogen and oxygen atoms in total. The molecular formula is C12H21NO2. The molecule has 0 aromatic rings. The van der Waals surface area contributed by atoms with Gasteiger partial charge in [0.2, 0.25) is 0 Å². The van der Waals surface area contributed by atoms with Gasteiger partial charge in [-0.15, -0.1) is 0 Å². The normalized spacial score (nSPS) is 34.3. The Bertz CT molecular complexity index is 230. The van der Waals surface area contributed by atoms with E-state index in [0.29, 0.717) is 31.5 Å². The lowest BCUT2D eigenvalue weighted by atomic mass is 9.96. The molecule has 0 radical (unpaired) electrons. The number of carbonyl (C=O) groups is 1. The van der Waals surface area contributed by atoms with Crippen LogP contribution in [0.1, 0.15) is 32.6 Å². The molecule has 2 saturated heterocycles. The summed E-state index contributed by atoms with van der Waals surface area (Å²) in [6.45, 7) is 5.62. The van der Waals surface area contributed by atoms with Crippen LogP contribution < -0.4 is 0 Å². The second kappa shape index (κ2) is 5.08. The fourth-order valence-corrected chi connectivity index (χ4v) is 2.56. The van der Waals surface area contributed by atoms with Crippen molar-refractivity contribution in [1.29, 1.82) is 0 Å². The molecule has 0 amide bonds. The Balaban J connectivity index is 1.86. The number of ether oxygens (including phenoxy) is 1. The zero-order chi connectivity index (χ0) is 10.7. The fraction of sp³-hybridized carbons (Fsp3) is 0.917. The highest BCUT2D eigenvalue weighted by Gasteiger charge is 2.27. The van der Waals surface area contributed by atoms with Gasteiger partial charge in [0.05, 0.1) is 19.1 Å². The lowest BCUT2D eigenvalue weighted by molar-refractivity contribution is -0.131. The predicted molar refractivity (Wildman–Crippen MR) is 58.8 cm³/mol. The molecule has 0 bridgehead atoms. The molecule has 0 saturated carbocycles. The number of ketones is 1. The van der Waals surface area contributed by atoms with Crippen molar-refractivity contribution in [3.8, 4) is 0 Å². The van der Waals surface area contributed by atoms with Crippen LogP contribution >= 0.6 is 0 Å². The largest absolute Gasteiger partial charge is 0.380 e. The van der Waals surface area contributed by atoms with Crippen molar-refractivity contribution in [3.05, 3.63) is 0 Å². The van der Waals surface area contributed by atoms with Gasteiger partial charge in [-0.2, -0.15) is 0 Å². The highest BCUT2D eigenvalue weighted by atomic mass is 16.5. The minimum atomic E-state index is 0.138. The number of Topliss-reactive ketones (excluding diaryl/α,β-unsaturated/α-hetero) is 1. The SMILES string of the molecule is CC1CCCCN1CC1COCCC1=O. The molecule has 2 unspecified atom stereocenters. The van der Waals surface area contributed by atoms with E-state index in [1.807, 2.05) is 0 Å². The van der Waals surface area contributed by atoms with Crippen molar-refractivity contribution >= 4 is 5.78 Å². The Labute approximate surface area is 91.8 Å². The van der Waals surface area contributed by atoms with Crippen LogP contribution in [0.25, 0.3) is 0 Å². The number of piperidine rings is 1. The summed E-state index contributed by atoms with van der Waals surface area (Å²) >= 11 is 0. The first-order valence-corrected chi connectivity index (χ1v) is 6.12. The van der Waals surface area contributed by atoms with Gasteiger partial charge in [0.1, 0.15) is 5.78 Å². The fourth-order valence-electron chi connectivity index (χ4n) is 2.56. The molecule has 15 heavy (non-hydrogen) atoms. The molecule has 0 N–H and O–H groups in total. The van der Waals surface area contributed by atoms with Crippen LogP contribution in [0.5, 0.6) is 0 Å². The third-order valence-corrected chi connectivity index (χ3v) is 3.66. The van der Waals surface area contributed by atoms with E-state index in [9.17, 15) is 4.79 Å². The van der Waals surface area contributed by atoms with Crippen molar-refractivity contribution in [1.82, 2.24) is 4.90 Å². The molecule has 3 heteroatoms. The summed E-state index contributed by atoms with van der Waals surface area (Å²) in [4.78, 5) is 14.1. The number of rotatable bonds is 2. The molecule has 2 fully saturated rings. The molecule has 2 aliphatic heterocycles. The van der Waals surface area contributed by atoms with Crippen LogP contribution in [0.4, 0.5) is 0 Å². The van der Waals surface area contributed by atoms with E-state index < -0.39 is 0 Å². The molecule has 2 aliphatic rings. The maximum absolute atomic E-state index is 11.7. The minimum absolute atomic E-state index is 0.138. The first-order chi connectivity index (χ1) is 7.27. The van der Waals surface area contributed by atoms with Crippen molar-refractivity contribution in [2.45, 2.75) is 38.6 Å². The zero-order valence-corrected chi connectivity index (χ0v) is 9.58. The van der Waals surface area contributed by atoms with Crippen LogP contribution in [-0.4, -0.2) is 43.0 Å². The second-order valence-electron chi connectivity index (χ2n) is 4.83. The summed E-state index contributed by atoms with van der Waals surface area (Å²) in [5.41, 5.74) is 0. The van der Waals surface area contributed by atoms with E-state index in [-0.39, 0.29) is 5.92 Å². The van der Waals surface area contributed by atoms with E-state index in [2.05, 4.69) is 11.8 Å². The van der Waals surface area contributed by atoms with Crippen molar-refractivity contribution < 1.29 is 9.53 Å². The van der Waals surface area contributed by atoms with E-state index in [1.165, 1.54) is 19.3 Å². The van der Waals surface area contributed by atoms with Gasteiger partial charge in [-0.25, -0.2) is 0 Å². The van der Waals surface area contributed by atoms with Gasteiger partial charge >= 0.3 is 0 Å². The quantitative estimate of drug-likeness (QED) is 0.692. The van der Waals surface area contributed by atoms with Crippen LogP contribution in [0.3, 0.4) is 0 Å². The number of hydrogen-bond acceptors (Lipinski definition) is 3. The Morgan fingerprint density at radius 2 is 2.33 bits per heavy atom. The summed E-state index contributed by atoms with van der Waals surface area (Å²) in [5.74, 6) is 0.540. The monoisotopic (exact) mass is 211 g/mol. The van der Waals surface area contributed by atoms with Crippen LogP contribution in [0.15, 0.2) is 0 Å². The summed E-state index contributed by atoms with van der Waals surface area (Å²) < 4.78 is 5.38. The van der Waals surface area contributed by atoms with Gasteiger partial charge in [0.25, 0.3) is 0 Å². The van der Waals surface area contributed by atoms with Gasteiger partial charge in [-0.1, -0.05) is 6.42 Å². The molecule has 86 valence electrons. The highest BCUT2D eigenvalue weighted by Crippen LogP contribution is 2.20. The highest BCUT2D eigenvalue weighted by molar-refractivity contribution is 5.82. The summed E-state index contributed by atoms with van der Waals surface area (Å²) in [7, 11) is 0. The Morgan fingerprint density at radius 3 is 3.07 bits per heavy atom. The van der Waals surface area contributed by atoms with E-state index >= 15 is 0 Å². The van der Waals surface area contributed by atoms with Crippen LogP contribution in [-0.2, 0) is 9.53 Å². The zero-order valence-electron chi connectivity index (χ0n) is 9.58. The Kier molecular flexibility index (Phi) is 3.76. The van der Waals surface area contributed by atoms with E-state index in [1.54, 1.807) is 0 Å². The third-order valence-electron chi connectivity index (χ3n) is 3.66. The number of hydrogen-bond donors (Lipinski definition) is 0. The van der Waals surface area contributed by atoms with Crippen LogP contribution in [0.2, 0.25) is 0 Å². The molecular weight excluding hydrogens is 190 g/mol. The van der Waals surface area contributed by atoms with Gasteiger partial charge < -0.3 is 4.74 Å². The van der Waals surface area contributed by atoms with E-state index in [0.717, 1.165) is 13.1 Å². The minimum Gasteiger partial charge on any atom is -0.380 e. The lowest BCUT2D eigenvalue weighted by Crippen LogP contribution is -2.44. The number of nitrogens with zero attached hydrogens (tertiary/aromatic N) is 1. The topological polar surface area (TPSA) is 29.5 Å². The molecule has 0 aromatic heterocycles. The summed E-state index contributed by atoms with van der Waals surface area (Å²) in [6.07, 6.45) is 4.52. The summed E-state index contributed by atoms with van der Waals surface area (Å²) in [5, 5.41) is 0. The molecule has 2 rings (SSSR count). The Hall–Kier alpha value is -0.410.